The number of benzene rings is 1. The largest absolute Gasteiger partial charge is 0.514 e. The number of hydrogen-bond acceptors (Lipinski definition) is 13. The second-order valence-corrected chi connectivity index (χ2v) is 13.7. The molecule has 17 heteroatoms. The molecular formula is C33H49N5O12. The molecule has 0 aliphatic heterocycles. The number of nitrogens with zero attached hydrogens (tertiary/aromatic N) is 2. The van der Waals surface area contributed by atoms with Gasteiger partial charge < -0.3 is 29.0 Å². The Morgan fingerprint density at radius 2 is 1.46 bits per heavy atom. The number of nitro benzene ring substituents is 1. The Kier molecular flexibility index (Phi) is 14.5. The number of aliphatic imine (C=N–C) groups is 1. The molecule has 1 aliphatic rings. The topological polar surface area (TPSA) is 223 Å². The molecular weight excluding hydrogens is 658 g/mol. The molecule has 0 bridgehead atoms. The fourth-order valence-electron chi connectivity index (χ4n) is 5.65. The van der Waals surface area contributed by atoms with Gasteiger partial charge in [-0.3, -0.25) is 30.3 Å². The molecule has 2 rings (SSSR count). The highest BCUT2D eigenvalue weighted by Crippen LogP contribution is 2.42. The van der Waals surface area contributed by atoms with Gasteiger partial charge in [-0.2, -0.15) is 0 Å². The number of non-ortho nitro benzene ring substituents is 1. The van der Waals surface area contributed by atoms with E-state index in [-0.39, 0.29) is 29.7 Å². The number of rotatable bonds is 10. The van der Waals surface area contributed by atoms with Gasteiger partial charge in [0.15, 0.2) is 0 Å². The lowest BCUT2D eigenvalue weighted by atomic mass is 9.80. The van der Waals surface area contributed by atoms with Crippen molar-refractivity contribution in [3.05, 3.63) is 34.4 Å². The van der Waals surface area contributed by atoms with E-state index in [2.05, 4.69) is 20.9 Å². The Hall–Kier alpha value is -4.96. The molecule has 3 amide bonds. The zero-order valence-corrected chi connectivity index (χ0v) is 30.2. The van der Waals surface area contributed by atoms with E-state index in [1.165, 1.54) is 19.1 Å². The lowest BCUT2D eigenvalue weighted by Crippen LogP contribution is -2.52. The Labute approximate surface area is 291 Å². The van der Waals surface area contributed by atoms with Gasteiger partial charge in [0.1, 0.15) is 23.1 Å². The molecule has 0 unspecified atom stereocenters. The first-order chi connectivity index (χ1) is 23.2. The van der Waals surface area contributed by atoms with Crippen LogP contribution in [0.25, 0.3) is 0 Å². The summed E-state index contributed by atoms with van der Waals surface area (Å²) >= 11 is 0. The average Bonchev–Trinajstić information content (AvgIpc) is 3.31. The molecule has 1 saturated carbocycles. The van der Waals surface area contributed by atoms with Crippen molar-refractivity contribution in [3.8, 4) is 5.75 Å². The van der Waals surface area contributed by atoms with Gasteiger partial charge in [0.05, 0.1) is 24.0 Å². The molecule has 0 aromatic heterocycles. The molecule has 0 heterocycles. The number of esters is 1. The van der Waals surface area contributed by atoms with Gasteiger partial charge in [0.2, 0.25) is 11.9 Å². The predicted molar refractivity (Wildman–Crippen MR) is 179 cm³/mol. The van der Waals surface area contributed by atoms with E-state index in [9.17, 15) is 34.1 Å². The summed E-state index contributed by atoms with van der Waals surface area (Å²) in [5.41, 5.74) is -2.06. The molecule has 5 atom stereocenters. The van der Waals surface area contributed by atoms with Gasteiger partial charge in [-0.05, 0) is 66.0 Å². The van der Waals surface area contributed by atoms with Crippen LogP contribution in [0.15, 0.2) is 29.3 Å². The molecule has 1 aliphatic carbocycles. The van der Waals surface area contributed by atoms with Crippen LogP contribution in [0.1, 0.15) is 81.6 Å². The summed E-state index contributed by atoms with van der Waals surface area (Å²) in [5, 5.41) is 18.8. The van der Waals surface area contributed by atoms with Gasteiger partial charge in [-0.15, -0.1) is 0 Å². The summed E-state index contributed by atoms with van der Waals surface area (Å²) in [6.07, 6.45) is -3.43. The van der Waals surface area contributed by atoms with Crippen LogP contribution in [-0.2, 0) is 28.5 Å². The summed E-state index contributed by atoms with van der Waals surface area (Å²) in [4.78, 5) is 79.9. The highest BCUT2D eigenvalue weighted by atomic mass is 16.7. The van der Waals surface area contributed by atoms with E-state index in [0.717, 1.165) is 19.2 Å². The third-order valence-corrected chi connectivity index (χ3v) is 7.58. The third kappa shape index (κ3) is 12.8. The number of guanidine groups is 1. The van der Waals surface area contributed by atoms with Crippen molar-refractivity contribution in [2.45, 2.75) is 111 Å². The second-order valence-electron chi connectivity index (χ2n) is 13.7. The number of ether oxygens (including phenoxy) is 5. The Bertz CT molecular complexity index is 1380. The standard InChI is InChI=1S/C33H49N5O12/c1-11-19(12-2)25(34-18(3)39)24-23(35-28(36-29(41)49-32(4,5)6)37-30(42)50-33(7,8)9)17-22(27(40)46-10)26(24)48-31(43)47-21-15-13-20(14-16-21)38(44)45/h13-16,19,22-26H,11-12,17H2,1-10H3,(H,34,39)(H2,35,36,37,41,42)/t22-,23+,24+,25-,26+/m0/s1. The number of amides is 3. The Morgan fingerprint density at radius 3 is 1.88 bits per heavy atom. The minimum atomic E-state index is -1.30. The Balaban J connectivity index is 2.70. The van der Waals surface area contributed by atoms with E-state index in [1.807, 2.05) is 13.8 Å². The van der Waals surface area contributed by atoms with Gasteiger partial charge in [-0.25, -0.2) is 19.4 Å². The molecule has 1 aromatic carbocycles. The SMILES string of the molecule is CCC(CC)[C@H](NC(C)=O)[C@@H]1[C@H](OC(=O)Oc2ccc([N+](=O)[O-])cc2)[C@@H](C(=O)OC)C[C@H]1N=C(NC(=O)OC(C)(C)C)NC(=O)OC(C)(C)C. The summed E-state index contributed by atoms with van der Waals surface area (Å²) < 4.78 is 26.9. The normalized spacial score (nSPS) is 19.3. The van der Waals surface area contributed by atoms with Crippen LogP contribution < -0.4 is 20.7 Å². The first-order valence-corrected chi connectivity index (χ1v) is 16.2. The average molecular weight is 708 g/mol. The van der Waals surface area contributed by atoms with Crippen LogP contribution in [0.5, 0.6) is 5.75 Å². The zero-order valence-electron chi connectivity index (χ0n) is 30.2. The van der Waals surface area contributed by atoms with E-state index >= 15 is 0 Å². The molecule has 50 heavy (non-hydrogen) atoms. The van der Waals surface area contributed by atoms with E-state index in [4.69, 9.17) is 23.7 Å². The van der Waals surface area contributed by atoms with Crippen molar-refractivity contribution in [1.29, 1.82) is 0 Å². The Morgan fingerprint density at radius 1 is 0.940 bits per heavy atom. The molecule has 0 radical (unpaired) electrons. The number of methoxy groups -OCH3 is 1. The van der Waals surface area contributed by atoms with Gasteiger partial charge in [-0.1, -0.05) is 26.7 Å². The van der Waals surface area contributed by atoms with Crippen molar-refractivity contribution in [3.63, 3.8) is 0 Å². The minimum Gasteiger partial charge on any atom is -0.469 e. The minimum absolute atomic E-state index is 0.0665. The fraction of sp³-hybridized carbons (Fsp3) is 0.636. The van der Waals surface area contributed by atoms with Crippen molar-refractivity contribution in [2.24, 2.45) is 22.7 Å². The molecule has 17 nitrogen and oxygen atoms in total. The monoisotopic (exact) mass is 707 g/mol. The van der Waals surface area contributed by atoms with Crippen LogP contribution in [0, 0.1) is 27.9 Å². The molecule has 278 valence electrons. The van der Waals surface area contributed by atoms with Crippen molar-refractivity contribution in [2.75, 3.05) is 7.11 Å². The summed E-state index contributed by atoms with van der Waals surface area (Å²) in [6, 6.07) is 2.95. The second kappa shape index (κ2) is 17.6. The van der Waals surface area contributed by atoms with Crippen molar-refractivity contribution in [1.82, 2.24) is 16.0 Å². The molecule has 1 fully saturated rings. The third-order valence-electron chi connectivity index (χ3n) is 7.58. The maximum absolute atomic E-state index is 13.2. The quantitative estimate of drug-likeness (QED) is 0.0556. The van der Waals surface area contributed by atoms with Crippen LogP contribution in [-0.4, -0.2) is 77.6 Å². The number of carbonyl (C=O) groups excluding carboxylic acids is 5. The van der Waals surface area contributed by atoms with Crippen molar-refractivity contribution >= 4 is 41.9 Å². The van der Waals surface area contributed by atoms with E-state index in [0.29, 0.717) is 12.8 Å². The van der Waals surface area contributed by atoms with Gasteiger partial charge >= 0.3 is 24.3 Å². The van der Waals surface area contributed by atoms with Gasteiger partial charge in [0, 0.05) is 31.0 Å². The lowest BCUT2D eigenvalue weighted by Gasteiger charge is -2.36. The van der Waals surface area contributed by atoms with Gasteiger partial charge in [0.25, 0.3) is 5.69 Å². The van der Waals surface area contributed by atoms with Crippen LogP contribution in [0.2, 0.25) is 0 Å². The first kappa shape index (κ1) is 41.2. The maximum Gasteiger partial charge on any atom is 0.514 e. The number of hydrogen-bond donors (Lipinski definition) is 3. The first-order valence-electron chi connectivity index (χ1n) is 16.2. The number of nitrogens with one attached hydrogen (secondary N) is 3. The summed E-state index contributed by atoms with van der Waals surface area (Å²) in [6.45, 7) is 15.0. The van der Waals surface area contributed by atoms with Crippen LogP contribution in [0.4, 0.5) is 20.1 Å². The summed E-state index contributed by atoms with van der Waals surface area (Å²) in [7, 11) is 1.16. The molecule has 0 saturated heterocycles. The predicted octanol–water partition coefficient (Wildman–Crippen LogP) is 5.00. The van der Waals surface area contributed by atoms with E-state index in [1.54, 1.807) is 41.5 Å². The van der Waals surface area contributed by atoms with Crippen LogP contribution >= 0.6 is 0 Å². The number of nitro groups is 1. The number of alkyl carbamates (subject to hydrolysis) is 2. The lowest BCUT2D eigenvalue weighted by molar-refractivity contribution is -0.384. The van der Waals surface area contributed by atoms with Crippen molar-refractivity contribution < 1.29 is 52.6 Å². The summed E-state index contributed by atoms with van der Waals surface area (Å²) in [5.74, 6) is -3.90. The molecule has 3 N–H and O–H groups in total. The highest BCUT2D eigenvalue weighted by molar-refractivity contribution is 6.01. The fourth-order valence-corrected chi connectivity index (χ4v) is 5.65. The molecule has 1 aromatic rings. The highest BCUT2D eigenvalue weighted by Gasteiger charge is 2.54. The van der Waals surface area contributed by atoms with Crippen LogP contribution in [0.3, 0.4) is 0 Å². The van der Waals surface area contributed by atoms with E-state index < -0.39 is 76.4 Å². The maximum atomic E-state index is 13.2. The smallest absolute Gasteiger partial charge is 0.469 e. The number of carbonyl (C=O) groups is 5. The zero-order chi connectivity index (χ0) is 38.0. The molecule has 0 spiro atoms.